The first-order valence-electron chi connectivity index (χ1n) is 5.85. The van der Waals surface area contributed by atoms with Crippen molar-refractivity contribution in [3.63, 3.8) is 0 Å². The lowest BCUT2D eigenvalue weighted by atomic mass is 9.97. The van der Waals surface area contributed by atoms with Crippen LogP contribution in [-0.4, -0.2) is 31.1 Å². The molecule has 3 nitrogen and oxygen atoms in total. The summed E-state index contributed by atoms with van der Waals surface area (Å²) >= 11 is 0. The van der Waals surface area contributed by atoms with Crippen LogP contribution in [-0.2, 0) is 0 Å². The molecule has 1 aromatic carbocycles. The van der Waals surface area contributed by atoms with E-state index in [4.69, 9.17) is 5.11 Å². The second-order valence-electron chi connectivity index (χ2n) is 4.41. The highest BCUT2D eigenvalue weighted by Gasteiger charge is 2.22. The molecule has 0 aromatic heterocycles. The SMILES string of the molecule is O=Cc1cccc(F)c1N1CCC(CO)CC1. The van der Waals surface area contributed by atoms with Gasteiger partial charge in [0, 0.05) is 25.3 Å². The van der Waals surface area contributed by atoms with Crippen molar-refractivity contribution in [2.24, 2.45) is 5.92 Å². The summed E-state index contributed by atoms with van der Waals surface area (Å²) in [5.41, 5.74) is 0.798. The predicted molar refractivity (Wildman–Crippen MR) is 63.8 cm³/mol. The van der Waals surface area contributed by atoms with Crippen molar-refractivity contribution >= 4 is 12.0 Å². The lowest BCUT2D eigenvalue weighted by Crippen LogP contribution is -2.35. The van der Waals surface area contributed by atoms with Crippen LogP contribution in [0, 0.1) is 11.7 Å². The van der Waals surface area contributed by atoms with Gasteiger partial charge >= 0.3 is 0 Å². The average molecular weight is 237 g/mol. The molecule has 92 valence electrons. The van der Waals surface area contributed by atoms with Gasteiger partial charge in [0.05, 0.1) is 5.69 Å². The van der Waals surface area contributed by atoms with E-state index in [1.54, 1.807) is 12.1 Å². The van der Waals surface area contributed by atoms with E-state index in [0.717, 1.165) is 12.8 Å². The average Bonchev–Trinajstić information content (AvgIpc) is 2.38. The zero-order chi connectivity index (χ0) is 12.3. The summed E-state index contributed by atoms with van der Waals surface area (Å²) in [5, 5.41) is 9.05. The van der Waals surface area contributed by atoms with Gasteiger partial charge in [0.1, 0.15) is 5.82 Å². The number of benzene rings is 1. The minimum atomic E-state index is -0.350. The number of hydrogen-bond acceptors (Lipinski definition) is 3. The van der Waals surface area contributed by atoms with Crippen LogP contribution in [0.25, 0.3) is 0 Å². The van der Waals surface area contributed by atoms with E-state index in [9.17, 15) is 9.18 Å². The summed E-state index contributed by atoms with van der Waals surface area (Å²) in [7, 11) is 0. The molecule has 1 fully saturated rings. The Bertz CT molecular complexity index is 400. The lowest BCUT2D eigenvalue weighted by molar-refractivity contribution is 0.112. The molecule has 0 aliphatic carbocycles. The van der Waals surface area contributed by atoms with Crippen LogP contribution in [0.4, 0.5) is 10.1 Å². The number of piperidine rings is 1. The molecular weight excluding hydrogens is 221 g/mol. The number of nitrogens with zero attached hydrogens (tertiary/aromatic N) is 1. The molecule has 0 saturated carbocycles. The summed E-state index contributed by atoms with van der Waals surface area (Å²) in [5.74, 6) is -0.0465. The normalized spacial score (nSPS) is 17.2. The third kappa shape index (κ3) is 2.47. The van der Waals surface area contributed by atoms with Crippen molar-refractivity contribution in [2.45, 2.75) is 12.8 Å². The van der Waals surface area contributed by atoms with Crippen LogP contribution < -0.4 is 4.90 Å². The van der Waals surface area contributed by atoms with E-state index in [2.05, 4.69) is 0 Å². The van der Waals surface area contributed by atoms with Crippen LogP contribution in [0.5, 0.6) is 0 Å². The van der Waals surface area contributed by atoms with Gasteiger partial charge in [-0.1, -0.05) is 6.07 Å². The van der Waals surface area contributed by atoms with Crippen LogP contribution in [0.2, 0.25) is 0 Å². The number of rotatable bonds is 3. The van der Waals surface area contributed by atoms with E-state index in [1.807, 2.05) is 4.90 Å². The smallest absolute Gasteiger partial charge is 0.152 e. The second kappa shape index (κ2) is 5.27. The van der Waals surface area contributed by atoms with E-state index in [-0.39, 0.29) is 12.4 Å². The van der Waals surface area contributed by atoms with Crippen LogP contribution in [0.3, 0.4) is 0 Å². The van der Waals surface area contributed by atoms with Gasteiger partial charge in [0.15, 0.2) is 6.29 Å². The topological polar surface area (TPSA) is 40.5 Å². The Balaban J connectivity index is 2.20. The van der Waals surface area contributed by atoms with Gasteiger partial charge in [0.25, 0.3) is 0 Å². The Kier molecular flexibility index (Phi) is 3.74. The number of hydrogen-bond donors (Lipinski definition) is 1. The van der Waals surface area contributed by atoms with Crippen molar-refractivity contribution in [2.75, 3.05) is 24.6 Å². The molecule has 17 heavy (non-hydrogen) atoms. The highest BCUT2D eigenvalue weighted by Crippen LogP contribution is 2.28. The van der Waals surface area contributed by atoms with Crippen molar-refractivity contribution in [1.82, 2.24) is 0 Å². The molecular formula is C13H16FNO2. The molecule has 2 rings (SSSR count). The quantitative estimate of drug-likeness (QED) is 0.816. The minimum Gasteiger partial charge on any atom is -0.396 e. The fourth-order valence-electron chi connectivity index (χ4n) is 2.30. The number of halogens is 1. The monoisotopic (exact) mass is 237 g/mol. The van der Waals surface area contributed by atoms with E-state index in [1.165, 1.54) is 6.07 Å². The Morgan fingerprint density at radius 1 is 1.41 bits per heavy atom. The maximum atomic E-state index is 13.8. The minimum absolute atomic E-state index is 0.186. The fraction of sp³-hybridized carbons (Fsp3) is 0.462. The summed E-state index contributed by atoms with van der Waals surface area (Å²) in [6, 6.07) is 4.55. The van der Waals surface area contributed by atoms with Gasteiger partial charge in [-0.2, -0.15) is 0 Å². The van der Waals surface area contributed by atoms with Crippen molar-refractivity contribution in [1.29, 1.82) is 0 Å². The number of aliphatic hydroxyl groups excluding tert-OH is 1. The van der Waals surface area contributed by atoms with E-state index in [0.29, 0.717) is 36.5 Å². The summed E-state index contributed by atoms with van der Waals surface area (Å²) < 4.78 is 13.8. The van der Waals surface area contributed by atoms with E-state index >= 15 is 0 Å². The molecule has 4 heteroatoms. The zero-order valence-corrected chi connectivity index (χ0v) is 9.60. The molecule has 0 unspecified atom stereocenters. The first-order chi connectivity index (χ1) is 8.26. The number of aliphatic hydroxyl groups is 1. The highest BCUT2D eigenvalue weighted by molar-refractivity contribution is 5.84. The summed E-state index contributed by atoms with van der Waals surface area (Å²) in [4.78, 5) is 12.8. The third-order valence-electron chi connectivity index (χ3n) is 3.33. The van der Waals surface area contributed by atoms with Crippen LogP contribution in [0.1, 0.15) is 23.2 Å². The first kappa shape index (κ1) is 12.0. The Hall–Kier alpha value is -1.42. The van der Waals surface area contributed by atoms with Gasteiger partial charge < -0.3 is 10.0 Å². The number of carbonyl (C=O) groups excluding carboxylic acids is 1. The molecule has 1 aliphatic rings. The Labute approximate surface area is 99.9 Å². The molecule has 1 N–H and O–H groups in total. The lowest BCUT2D eigenvalue weighted by Gasteiger charge is -2.33. The van der Waals surface area contributed by atoms with Crippen LogP contribution in [0.15, 0.2) is 18.2 Å². The zero-order valence-electron chi connectivity index (χ0n) is 9.60. The Morgan fingerprint density at radius 3 is 2.71 bits per heavy atom. The molecule has 1 aromatic rings. The summed E-state index contributed by atoms with van der Waals surface area (Å²) in [6.07, 6.45) is 2.36. The van der Waals surface area contributed by atoms with Gasteiger partial charge in [-0.05, 0) is 30.9 Å². The standard InChI is InChI=1S/C13H16FNO2/c14-12-3-1-2-11(9-17)13(12)15-6-4-10(8-16)5-7-15/h1-3,9-10,16H,4-8H2. The predicted octanol–water partition coefficient (Wildman–Crippen LogP) is 1.85. The van der Waals surface area contributed by atoms with Gasteiger partial charge in [-0.15, -0.1) is 0 Å². The van der Waals surface area contributed by atoms with Crippen molar-refractivity contribution in [3.05, 3.63) is 29.6 Å². The van der Waals surface area contributed by atoms with Gasteiger partial charge in [-0.3, -0.25) is 4.79 Å². The number of anilines is 1. The molecule has 0 atom stereocenters. The molecule has 0 spiro atoms. The maximum Gasteiger partial charge on any atom is 0.152 e. The third-order valence-corrected chi connectivity index (χ3v) is 3.33. The maximum absolute atomic E-state index is 13.8. The van der Waals surface area contributed by atoms with Crippen LogP contribution >= 0.6 is 0 Å². The summed E-state index contributed by atoms with van der Waals surface area (Å²) in [6.45, 7) is 1.56. The second-order valence-corrected chi connectivity index (χ2v) is 4.41. The molecule has 1 aliphatic heterocycles. The Morgan fingerprint density at radius 2 is 2.12 bits per heavy atom. The largest absolute Gasteiger partial charge is 0.396 e. The first-order valence-corrected chi connectivity index (χ1v) is 5.85. The highest BCUT2D eigenvalue weighted by atomic mass is 19.1. The van der Waals surface area contributed by atoms with Gasteiger partial charge in [0.2, 0.25) is 0 Å². The fourth-order valence-corrected chi connectivity index (χ4v) is 2.30. The molecule has 1 heterocycles. The number of para-hydroxylation sites is 1. The molecule has 0 amide bonds. The number of aldehydes is 1. The molecule has 0 bridgehead atoms. The van der Waals surface area contributed by atoms with Crippen molar-refractivity contribution in [3.8, 4) is 0 Å². The molecule has 1 saturated heterocycles. The molecule has 0 radical (unpaired) electrons. The van der Waals surface area contributed by atoms with Gasteiger partial charge in [-0.25, -0.2) is 4.39 Å². The number of carbonyl (C=O) groups is 1. The van der Waals surface area contributed by atoms with E-state index < -0.39 is 0 Å². The van der Waals surface area contributed by atoms with Crippen molar-refractivity contribution < 1.29 is 14.3 Å².